The predicted molar refractivity (Wildman–Crippen MR) is 78.2 cm³/mol. The molecule has 3 N–H and O–H groups in total. The minimum Gasteiger partial charge on any atom is -0.495 e. The molecule has 0 unspecified atom stereocenters. The number of halogens is 2. The van der Waals surface area contributed by atoms with E-state index in [2.05, 4.69) is 10.2 Å². The van der Waals surface area contributed by atoms with E-state index in [1.54, 1.807) is 13.2 Å². The molecule has 4 nitrogen and oxygen atoms in total. The molecule has 0 radical (unpaired) electrons. The standard InChI is InChI=1S/C14H11F2N3OS/c1-20-10-2-3-21-13(10)12-11(14(17)19-18-12)7-4-8(15)6-9(16)5-7/h2-6H,1H3,(H3,17,18,19). The maximum atomic E-state index is 13.4. The van der Waals surface area contributed by atoms with Gasteiger partial charge in [-0.15, -0.1) is 11.3 Å². The molecule has 2 heterocycles. The first-order valence-corrected chi connectivity index (χ1v) is 6.90. The van der Waals surface area contributed by atoms with E-state index < -0.39 is 11.6 Å². The Morgan fingerprint density at radius 2 is 1.95 bits per heavy atom. The first-order chi connectivity index (χ1) is 10.1. The van der Waals surface area contributed by atoms with Crippen LogP contribution in [0.25, 0.3) is 21.7 Å². The minimum absolute atomic E-state index is 0.172. The Balaban J connectivity index is 2.22. The molecule has 0 saturated carbocycles. The topological polar surface area (TPSA) is 63.9 Å². The summed E-state index contributed by atoms with van der Waals surface area (Å²) in [7, 11) is 1.55. The van der Waals surface area contributed by atoms with Gasteiger partial charge in [-0.3, -0.25) is 5.10 Å². The van der Waals surface area contributed by atoms with Gasteiger partial charge in [-0.25, -0.2) is 8.78 Å². The van der Waals surface area contributed by atoms with Gasteiger partial charge in [-0.2, -0.15) is 5.10 Å². The van der Waals surface area contributed by atoms with E-state index in [-0.39, 0.29) is 5.82 Å². The van der Waals surface area contributed by atoms with Crippen LogP contribution < -0.4 is 10.5 Å². The fourth-order valence-corrected chi connectivity index (χ4v) is 3.01. The Labute approximate surface area is 123 Å². The highest BCUT2D eigenvalue weighted by molar-refractivity contribution is 7.14. The van der Waals surface area contributed by atoms with Gasteiger partial charge in [0.15, 0.2) is 5.82 Å². The Hall–Kier alpha value is -2.41. The minimum atomic E-state index is -0.672. The van der Waals surface area contributed by atoms with Crippen LogP contribution in [0.5, 0.6) is 5.75 Å². The zero-order valence-corrected chi connectivity index (χ0v) is 11.8. The molecule has 0 amide bonds. The van der Waals surface area contributed by atoms with Gasteiger partial charge in [0, 0.05) is 6.07 Å². The van der Waals surface area contributed by atoms with Crippen LogP contribution in [-0.2, 0) is 0 Å². The molecular weight excluding hydrogens is 296 g/mol. The number of aromatic nitrogens is 2. The summed E-state index contributed by atoms with van der Waals surface area (Å²) in [4.78, 5) is 0.765. The smallest absolute Gasteiger partial charge is 0.153 e. The lowest BCUT2D eigenvalue weighted by molar-refractivity contribution is 0.418. The van der Waals surface area contributed by atoms with Gasteiger partial charge in [0.05, 0.1) is 23.2 Å². The number of benzene rings is 1. The van der Waals surface area contributed by atoms with E-state index in [9.17, 15) is 8.78 Å². The molecule has 1 aromatic carbocycles. The summed E-state index contributed by atoms with van der Waals surface area (Å²) in [6.45, 7) is 0. The first-order valence-electron chi connectivity index (χ1n) is 6.02. The third-order valence-electron chi connectivity index (χ3n) is 3.02. The van der Waals surface area contributed by atoms with Crippen molar-refractivity contribution in [2.45, 2.75) is 0 Å². The Morgan fingerprint density at radius 1 is 1.24 bits per heavy atom. The molecule has 0 aliphatic heterocycles. The molecule has 7 heteroatoms. The van der Waals surface area contributed by atoms with Crippen LogP contribution >= 0.6 is 11.3 Å². The Bertz CT molecular complexity index is 777. The summed E-state index contributed by atoms with van der Waals surface area (Å²) in [6.07, 6.45) is 0. The van der Waals surface area contributed by atoms with Crippen LogP contribution in [0, 0.1) is 11.6 Å². The fourth-order valence-electron chi connectivity index (χ4n) is 2.15. The van der Waals surface area contributed by atoms with Crippen molar-refractivity contribution in [3.63, 3.8) is 0 Å². The van der Waals surface area contributed by atoms with Crippen molar-refractivity contribution < 1.29 is 13.5 Å². The number of thiophene rings is 1. The normalized spacial score (nSPS) is 10.8. The molecule has 0 bridgehead atoms. The van der Waals surface area contributed by atoms with Crippen LogP contribution in [0.15, 0.2) is 29.6 Å². The molecule has 0 fully saturated rings. The number of methoxy groups -OCH3 is 1. The highest BCUT2D eigenvalue weighted by atomic mass is 32.1. The summed E-state index contributed by atoms with van der Waals surface area (Å²) < 4.78 is 32.1. The molecular formula is C14H11F2N3OS. The largest absolute Gasteiger partial charge is 0.495 e. The number of aromatic amines is 1. The lowest BCUT2D eigenvalue weighted by Gasteiger charge is -2.06. The number of hydrogen-bond acceptors (Lipinski definition) is 4. The predicted octanol–water partition coefficient (Wildman–Crippen LogP) is 3.67. The van der Waals surface area contributed by atoms with Crippen molar-refractivity contribution in [3.8, 4) is 27.4 Å². The number of rotatable bonds is 3. The molecule has 3 rings (SSSR count). The van der Waals surface area contributed by atoms with Crippen molar-refractivity contribution in [3.05, 3.63) is 41.3 Å². The van der Waals surface area contributed by atoms with E-state index in [0.29, 0.717) is 22.6 Å². The molecule has 0 saturated heterocycles. The van der Waals surface area contributed by atoms with Gasteiger partial charge in [0.1, 0.15) is 17.4 Å². The average Bonchev–Trinajstić information content (AvgIpc) is 3.02. The molecule has 21 heavy (non-hydrogen) atoms. The van der Waals surface area contributed by atoms with Gasteiger partial charge in [-0.1, -0.05) is 0 Å². The summed E-state index contributed by atoms with van der Waals surface area (Å²) in [5.74, 6) is -0.531. The van der Waals surface area contributed by atoms with Gasteiger partial charge in [-0.05, 0) is 29.1 Å². The molecule has 0 aliphatic rings. The number of anilines is 1. The number of H-pyrrole nitrogens is 1. The molecule has 108 valence electrons. The van der Waals surface area contributed by atoms with Crippen molar-refractivity contribution in [2.24, 2.45) is 0 Å². The van der Waals surface area contributed by atoms with Gasteiger partial charge in [0.25, 0.3) is 0 Å². The van der Waals surface area contributed by atoms with Crippen LogP contribution in [-0.4, -0.2) is 17.3 Å². The van der Waals surface area contributed by atoms with Crippen LogP contribution in [0.3, 0.4) is 0 Å². The zero-order chi connectivity index (χ0) is 15.0. The number of nitrogens with zero attached hydrogens (tertiary/aromatic N) is 1. The van der Waals surface area contributed by atoms with Gasteiger partial charge in [0.2, 0.25) is 0 Å². The Kier molecular flexibility index (Phi) is 3.34. The lowest BCUT2D eigenvalue weighted by atomic mass is 10.0. The molecule has 0 spiro atoms. The van der Waals surface area contributed by atoms with Crippen molar-refractivity contribution >= 4 is 17.2 Å². The van der Waals surface area contributed by atoms with E-state index in [0.717, 1.165) is 10.9 Å². The third-order valence-corrected chi connectivity index (χ3v) is 3.93. The average molecular weight is 307 g/mol. The third kappa shape index (κ3) is 2.36. The molecule has 0 aliphatic carbocycles. The zero-order valence-electron chi connectivity index (χ0n) is 11.0. The quantitative estimate of drug-likeness (QED) is 0.776. The lowest BCUT2D eigenvalue weighted by Crippen LogP contribution is -1.91. The van der Waals surface area contributed by atoms with Gasteiger partial charge >= 0.3 is 0 Å². The van der Waals surface area contributed by atoms with Crippen molar-refractivity contribution in [2.75, 3.05) is 12.8 Å². The maximum absolute atomic E-state index is 13.4. The second-order valence-corrected chi connectivity index (χ2v) is 5.25. The van der Waals surface area contributed by atoms with Crippen LogP contribution in [0.2, 0.25) is 0 Å². The van der Waals surface area contributed by atoms with Crippen LogP contribution in [0.1, 0.15) is 0 Å². The van der Waals surface area contributed by atoms with Gasteiger partial charge < -0.3 is 10.5 Å². The van der Waals surface area contributed by atoms with Crippen LogP contribution in [0.4, 0.5) is 14.6 Å². The first kappa shape index (κ1) is 13.6. The summed E-state index contributed by atoms with van der Waals surface area (Å²) in [5.41, 5.74) is 7.20. The van der Waals surface area contributed by atoms with E-state index in [1.807, 2.05) is 5.38 Å². The van der Waals surface area contributed by atoms with E-state index in [1.165, 1.54) is 23.5 Å². The summed E-state index contributed by atoms with van der Waals surface area (Å²) in [5, 5.41) is 8.59. The fraction of sp³-hybridized carbons (Fsp3) is 0.0714. The van der Waals surface area contributed by atoms with E-state index in [4.69, 9.17) is 10.5 Å². The van der Waals surface area contributed by atoms with E-state index >= 15 is 0 Å². The number of ether oxygens (including phenoxy) is 1. The summed E-state index contributed by atoms with van der Waals surface area (Å²) >= 11 is 1.42. The number of nitrogens with one attached hydrogen (secondary N) is 1. The second kappa shape index (κ2) is 5.17. The number of hydrogen-bond donors (Lipinski definition) is 2. The molecule has 3 aromatic rings. The van der Waals surface area contributed by atoms with Crippen molar-refractivity contribution in [1.29, 1.82) is 0 Å². The number of nitrogen functional groups attached to an aromatic ring is 1. The number of nitrogens with two attached hydrogens (primary N) is 1. The monoisotopic (exact) mass is 307 g/mol. The highest BCUT2D eigenvalue weighted by Gasteiger charge is 2.20. The SMILES string of the molecule is COc1ccsc1-c1[nH]nc(N)c1-c1cc(F)cc(F)c1. The maximum Gasteiger partial charge on any atom is 0.153 e. The van der Waals surface area contributed by atoms with Crippen molar-refractivity contribution in [1.82, 2.24) is 10.2 Å². The Morgan fingerprint density at radius 3 is 2.62 bits per heavy atom. The highest BCUT2D eigenvalue weighted by Crippen LogP contribution is 2.42. The molecule has 0 atom stereocenters. The summed E-state index contributed by atoms with van der Waals surface area (Å²) in [6, 6.07) is 5.04. The molecule has 2 aromatic heterocycles. The second-order valence-electron chi connectivity index (χ2n) is 4.34.